The number of fused-ring (bicyclic) bond motifs is 18. The first-order valence-electron chi connectivity index (χ1n) is 19.0. The van der Waals surface area contributed by atoms with Crippen molar-refractivity contribution >= 4 is 115 Å². The van der Waals surface area contributed by atoms with Crippen LogP contribution in [0.15, 0.2) is 176 Å². The average molecular weight is 740 g/mol. The molecule has 57 heavy (non-hydrogen) atoms. The summed E-state index contributed by atoms with van der Waals surface area (Å²) in [7, 11) is 0. The minimum Gasteiger partial charge on any atom is -0.389 e. The Morgan fingerprint density at radius 3 is 0.947 bits per heavy atom. The van der Waals surface area contributed by atoms with Crippen LogP contribution in [0.25, 0.3) is 64.6 Å². The smallest absolute Gasteiger partial charge is 0.389 e. The van der Waals surface area contributed by atoms with Crippen LogP contribution in [0.1, 0.15) is 22.3 Å². The van der Waals surface area contributed by atoms with Crippen LogP contribution in [0.5, 0.6) is 0 Å². The van der Waals surface area contributed by atoms with E-state index in [2.05, 4.69) is 153 Å². The first-order chi connectivity index (χ1) is 28.2. The Morgan fingerprint density at radius 2 is 0.596 bits per heavy atom. The van der Waals surface area contributed by atoms with Crippen LogP contribution in [0.2, 0.25) is 0 Å². The Labute approximate surface area is 329 Å². The van der Waals surface area contributed by atoms with E-state index in [1.807, 2.05) is 0 Å². The van der Waals surface area contributed by atoms with Gasteiger partial charge in [0.1, 0.15) is 22.6 Å². The van der Waals surface area contributed by atoms with E-state index in [9.17, 15) is 0 Å². The fourth-order valence-electron chi connectivity index (χ4n) is 9.14. The van der Waals surface area contributed by atoms with Crippen molar-refractivity contribution in [1.29, 1.82) is 0 Å². The van der Waals surface area contributed by atoms with Gasteiger partial charge in [-0.05, 0) is 91.6 Å². The molecule has 14 rings (SSSR count). The van der Waals surface area contributed by atoms with Crippen LogP contribution in [0, 0.1) is 0 Å². The molecular weight excluding hydrogens is 716 g/mol. The molecule has 0 unspecified atom stereocenters. The molecule has 0 atom stereocenters. The fraction of sp³-hybridized carbons (Fsp3) is 0. The molecule has 1 radical (unpaired) electrons. The van der Waals surface area contributed by atoms with E-state index in [0.717, 1.165) is 109 Å². The third kappa shape index (κ3) is 4.11. The zero-order valence-electron chi connectivity index (χ0n) is 30.0. The Hall–Kier alpha value is -7.31. The van der Waals surface area contributed by atoms with Crippen molar-refractivity contribution in [3.8, 4) is 0 Å². The second-order valence-electron chi connectivity index (χ2n) is 15.1. The van der Waals surface area contributed by atoms with Gasteiger partial charge in [0.2, 0.25) is 0 Å². The quantitative estimate of drug-likeness (QED) is 0.139. The highest BCUT2D eigenvalue weighted by molar-refractivity contribution is 6.38. The summed E-state index contributed by atoms with van der Waals surface area (Å²) < 4.78 is 4.61. The molecule has 0 aliphatic carbocycles. The molecular formula is C48H24AlN8. The van der Waals surface area contributed by atoms with Crippen LogP contribution in [0.3, 0.4) is 0 Å². The minimum atomic E-state index is -0.776. The second-order valence-corrected chi connectivity index (χ2v) is 16.4. The third-order valence-electron chi connectivity index (χ3n) is 11.9. The molecule has 0 fully saturated rings. The van der Waals surface area contributed by atoms with Gasteiger partial charge in [-0.3, -0.25) is 0 Å². The molecule has 0 N–H and O–H groups in total. The molecule has 0 amide bonds. The van der Waals surface area contributed by atoms with E-state index >= 15 is 0 Å². The fourth-order valence-corrected chi connectivity index (χ4v) is 10.6. The average Bonchev–Trinajstić information content (AvgIpc) is 3.93. The van der Waals surface area contributed by atoms with Crippen molar-refractivity contribution in [2.75, 3.05) is 0 Å². The van der Waals surface area contributed by atoms with Crippen LogP contribution in [-0.4, -0.2) is 46.1 Å². The Morgan fingerprint density at radius 1 is 0.298 bits per heavy atom. The third-order valence-corrected chi connectivity index (χ3v) is 13.3. The molecule has 8 aromatic carbocycles. The first-order valence-corrected chi connectivity index (χ1v) is 20.1. The summed E-state index contributed by atoms with van der Waals surface area (Å²) in [5.74, 6) is 4.21. The predicted molar refractivity (Wildman–Crippen MR) is 231 cm³/mol. The van der Waals surface area contributed by atoms with Gasteiger partial charge in [-0.25, -0.2) is 30.0 Å². The summed E-state index contributed by atoms with van der Waals surface area (Å²) in [6.07, 6.45) is 0. The highest BCUT2D eigenvalue weighted by Gasteiger charge is 2.31. The predicted octanol–water partition coefficient (Wildman–Crippen LogP) is 9.08. The van der Waals surface area contributed by atoms with Crippen molar-refractivity contribution in [3.63, 3.8) is 0 Å². The lowest BCUT2D eigenvalue weighted by Gasteiger charge is -2.11. The van der Waals surface area contributed by atoms with Gasteiger partial charge < -0.3 is 7.10 Å². The molecule has 6 heterocycles. The number of nitrogens with zero attached hydrogens (tertiary/aromatic N) is 8. The number of aromatic nitrogens is 2. The minimum absolute atomic E-state index is 0.645. The number of benzene rings is 8. The number of rotatable bonds is 0. The van der Waals surface area contributed by atoms with Gasteiger partial charge in [-0.15, -0.1) is 0 Å². The first kappa shape index (κ1) is 30.0. The van der Waals surface area contributed by atoms with Crippen LogP contribution < -0.4 is 11.0 Å². The number of hydrogen-bond donors (Lipinski definition) is 0. The number of amidine groups is 4. The van der Waals surface area contributed by atoms with Crippen LogP contribution in [-0.2, 0) is 0 Å². The lowest BCUT2D eigenvalue weighted by molar-refractivity contribution is 0.992. The monoisotopic (exact) mass is 739 g/mol. The highest BCUT2D eigenvalue weighted by Crippen LogP contribution is 2.42. The molecule has 9 heteroatoms. The summed E-state index contributed by atoms with van der Waals surface area (Å²) >= 11 is -0.776. The molecule has 0 saturated carbocycles. The summed E-state index contributed by atoms with van der Waals surface area (Å²) in [6, 6.07) is 51.8. The zero-order valence-corrected chi connectivity index (χ0v) is 31.2. The summed E-state index contributed by atoms with van der Waals surface area (Å²) in [5.41, 5.74) is 5.48. The van der Waals surface area contributed by atoms with Crippen molar-refractivity contribution < 1.29 is 0 Å². The van der Waals surface area contributed by atoms with E-state index in [4.69, 9.17) is 30.0 Å². The second kappa shape index (κ2) is 10.7. The van der Waals surface area contributed by atoms with Gasteiger partial charge >= 0.3 is 15.7 Å². The molecule has 0 saturated heterocycles. The number of hydrogen-bond acceptors (Lipinski definition) is 6. The maximum atomic E-state index is 5.54. The van der Waals surface area contributed by atoms with Crippen molar-refractivity contribution in [2.45, 2.75) is 0 Å². The van der Waals surface area contributed by atoms with Gasteiger partial charge in [0, 0.05) is 43.8 Å². The zero-order chi connectivity index (χ0) is 36.9. The summed E-state index contributed by atoms with van der Waals surface area (Å²) in [6.45, 7) is 0. The SMILES string of the molecule is c1ccc2cc3c(cc2c1)C1=NC3=Nc2c3cc4ccccc4cc3c3[n]2[Al][n]2c(c4cc5ccccc5cc4c2=NC2=NC(=N3)c3cc4ccccc4cc32)=N1. The van der Waals surface area contributed by atoms with Crippen molar-refractivity contribution in [1.82, 2.24) is 7.10 Å². The molecule has 4 aliphatic rings. The maximum absolute atomic E-state index is 5.54. The van der Waals surface area contributed by atoms with Gasteiger partial charge in [0.15, 0.2) is 23.3 Å². The van der Waals surface area contributed by atoms with Crippen molar-refractivity contribution in [2.24, 2.45) is 30.0 Å². The Bertz CT molecular complexity index is 3600. The lowest BCUT2D eigenvalue weighted by Crippen LogP contribution is -2.36. The van der Waals surface area contributed by atoms with Gasteiger partial charge in [0.25, 0.3) is 0 Å². The number of aliphatic imine (C=N–C) groups is 4. The van der Waals surface area contributed by atoms with E-state index in [1.165, 1.54) is 0 Å². The molecule has 6 bridgehead atoms. The molecule has 10 aromatic rings. The van der Waals surface area contributed by atoms with Crippen LogP contribution >= 0.6 is 0 Å². The normalized spacial score (nSPS) is 14.8. The lowest BCUT2D eigenvalue weighted by atomic mass is 10.0. The van der Waals surface area contributed by atoms with Gasteiger partial charge in [0.05, 0.1) is 0 Å². The highest BCUT2D eigenvalue weighted by atomic mass is 27.1. The summed E-state index contributed by atoms with van der Waals surface area (Å²) in [5, 5.41) is 13.1. The standard InChI is InChI=1S/C48H24N8.Al/c1-2-10-26-18-34-33(17-25(26)9-1)41-49-42(34)54-44-37-21-29-13-5-6-14-30(29)22-38(37)46(51-44)56-48-40-24-32-16-8-7-15-31(32)23-39(40)47(52-48)55-45-36-20-28-12-4-3-11-27(28)19-35(36)43(50-45)53-41;/h1-24H;/q-2;+2. The molecule has 2 aromatic heterocycles. The molecule has 8 nitrogen and oxygen atoms in total. The topological polar surface area (TPSA) is 84.0 Å². The summed E-state index contributed by atoms with van der Waals surface area (Å²) in [4.78, 5) is 32.7. The van der Waals surface area contributed by atoms with Crippen LogP contribution in [0.4, 0.5) is 11.6 Å². The molecule has 259 valence electrons. The van der Waals surface area contributed by atoms with Gasteiger partial charge in [-0.2, -0.15) is 0 Å². The van der Waals surface area contributed by atoms with E-state index in [1.54, 1.807) is 0 Å². The van der Waals surface area contributed by atoms with E-state index in [-0.39, 0.29) is 0 Å². The molecule has 4 aliphatic heterocycles. The van der Waals surface area contributed by atoms with E-state index < -0.39 is 15.7 Å². The van der Waals surface area contributed by atoms with Crippen molar-refractivity contribution in [3.05, 3.63) is 179 Å². The maximum Gasteiger partial charge on any atom is 0.568 e. The Balaban J connectivity index is 1.22. The Kier molecular flexibility index (Phi) is 5.63. The largest absolute Gasteiger partial charge is 0.568 e. The molecule has 0 spiro atoms. The van der Waals surface area contributed by atoms with Gasteiger partial charge in [-0.1, -0.05) is 97.1 Å². The van der Waals surface area contributed by atoms with E-state index in [0.29, 0.717) is 23.3 Å².